The number of anilines is 1. The van der Waals surface area contributed by atoms with Gasteiger partial charge in [0.1, 0.15) is 5.76 Å². The second kappa shape index (κ2) is 4.20. The van der Waals surface area contributed by atoms with E-state index in [2.05, 4.69) is 15.0 Å². The molecule has 0 aliphatic carbocycles. The molecule has 7 heteroatoms. The first-order valence-corrected chi connectivity index (χ1v) is 6.38. The van der Waals surface area contributed by atoms with Crippen LogP contribution in [0.15, 0.2) is 46.1 Å². The van der Waals surface area contributed by atoms with Gasteiger partial charge in [-0.15, -0.1) is 0 Å². The van der Waals surface area contributed by atoms with Crippen molar-refractivity contribution in [1.29, 1.82) is 0 Å². The van der Waals surface area contributed by atoms with E-state index in [-0.39, 0.29) is 18.1 Å². The zero-order chi connectivity index (χ0) is 14.4. The van der Waals surface area contributed by atoms with E-state index in [0.29, 0.717) is 16.9 Å². The molecule has 4 rings (SSSR count). The molecular formula is C14H11N5O2. The predicted molar refractivity (Wildman–Crippen MR) is 77.9 cm³/mol. The van der Waals surface area contributed by atoms with E-state index in [4.69, 9.17) is 10.2 Å². The number of aromatic nitrogens is 4. The summed E-state index contributed by atoms with van der Waals surface area (Å²) in [6.07, 6.45) is 3.08. The lowest BCUT2D eigenvalue weighted by Gasteiger charge is -2.06. The maximum atomic E-state index is 12.4. The number of imidazole rings is 1. The zero-order valence-electron chi connectivity index (χ0n) is 10.9. The third-order valence-corrected chi connectivity index (χ3v) is 3.47. The predicted octanol–water partition coefficient (Wildman–Crippen LogP) is 1.50. The van der Waals surface area contributed by atoms with Gasteiger partial charge in [-0.2, -0.15) is 4.98 Å². The van der Waals surface area contributed by atoms with Crippen molar-refractivity contribution in [3.05, 3.63) is 53.0 Å². The van der Waals surface area contributed by atoms with Crippen molar-refractivity contribution in [1.82, 2.24) is 19.5 Å². The lowest BCUT2D eigenvalue weighted by atomic mass is 10.2. The van der Waals surface area contributed by atoms with Gasteiger partial charge in [0.15, 0.2) is 11.2 Å². The number of nitrogen functional groups attached to an aromatic ring is 1. The number of fused-ring (bicyclic) bond motifs is 2. The lowest BCUT2D eigenvalue weighted by molar-refractivity contribution is 0.496. The van der Waals surface area contributed by atoms with Crippen molar-refractivity contribution in [2.75, 3.05) is 5.73 Å². The van der Waals surface area contributed by atoms with Crippen LogP contribution in [0, 0.1) is 0 Å². The molecule has 0 atom stereocenters. The SMILES string of the molecule is Nc1nc2nc[nH]c2c(=O)n1Cc1occ2ccccc12. The van der Waals surface area contributed by atoms with Gasteiger partial charge in [0.25, 0.3) is 5.56 Å². The Balaban J connectivity index is 1.89. The minimum atomic E-state index is -0.268. The number of rotatable bonds is 2. The molecule has 0 bridgehead atoms. The molecule has 0 spiro atoms. The summed E-state index contributed by atoms with van der Waals surface area (Å²) in [5.74, 6) is 0.778. The van der Waals surface area contributed by atoms with Crippen LogP contribution >= 0.6 is 0 Å². The quantitative estimate of drug-likeness (QED) is 0.579. The summed E-state index contributed by atoms with van der Waals surface area (Å²) in [5, 5.41) is 1.93. The summed E-state index contributed by atoms with van der Waals surface area (Å²) in [6, 6.07) is 7.74. The minimum absolute atomic E-state index is 0.111. The van der Waals surface area contributed by atoms with Gasteiger partial charge in [-0.25, -0.2) is 4.98 Å². The van der Waals surface area contributed by atoms with Gasteiger partial charge in [-0.1, -0.05) is 24.3 Å². The molecule has 3 aromatic heterocycles. The summed E-state index contributed by atoms with van der Waals surface area (Å²) in [7, 11) is 0. The molecule has 3 N–H and O–H groups in total. The Morgan fingerprint density at radius 2 is 2.19 bits per heavy atom. The molecule has 0 aliphatic heterocycles. The molecule has 0 aliphatic rings. The van der Waals surface area contributed by atoms with Crippen LogP contribution < -0.4 is 11.3 Å². The van der Waals surface area contributed by atoms with Crippen LogP contribution in [0.1, 0.15) is 5.76 Å². The first kappa shape index (κ1) is 11.7. The zero-order valence-corrected chi connectivity index (χ0v) is 10.9. The van der Waals surface area contributed by atoms with Gasteiger partial charge >= 0.3 is 0 Å². The highest BCUT2D eigenvalue weighted by molar-refractivity contribution is 5.84. The largest absolute Gasteiger partial charge is 0.466 e. The number of aromatic amines is 1. The van der Waals surface area contributed by atoms with E-state index in [1.807, 2.05) is 24.3 Å². The summed E-state index contributed by atoms with van der Waals surface area (Å²) in [4.78, 5) is 23.2. The molecule has 4 aromatic rings. The molecule has 3 heterocycles. The molecule has 0 fully saturated rings. The highest BCUT2D eigenvalue weighted by Gasteiger charge is 2.14. The number of hydrogen-bond donors (Lipinski definition) is 2. The molecule has 21 heavy (non-hydrogen) atoms. The molecule has 0 amide bonds. The fraction of sp³-hybridized carbons (Fsp3) is 0.0714. The fourth-order valence-corrected chi connectivity index (χ4v) is 2.41. The van der Waals surface area contributed by atoms with Crippen molar-refractivity contribution in [2.24, 2.45) is 0 Å². The maximum absolute atomic E-state index is 12.4. The van der Waals surface area contributed by atoms with Crippen molar-refractivity contribution in [3.63, 3.8) is 0 Å². The van der Waals surface area contributed by atoms with E-state index < -0.39 is 0 Å². The van der Waals surface area contributed by atoms with E-state index >= 15 is 0 Å². The monoisotopic (exact) mass is 281 g/mol. The Morgan fingerprint density at radius 1 is 1.33 bits per heavy atom. The van der Waals surface area contributed by atoms with Crippen LogP contribution in [0.2, 0.25) is 0 Å². The van der Waals surface area contributed by atoms with Gasteiger partial charge in [0.2, 0.25) is 5.95 Å². The Morgan fingerprint density at radius 3 is 3.10 bits per heavy atom. The smallest absolute Gasteiger partial charge is 0.281 e. The van der Waals surface area contributed by atoms with Crippen molar-refractivity contribution in [2.45, 2.75) is 6.54 Å². The second-order valence-electron chi connectivity index (χ2n) is 4.71. The van der Waals surface area contributed by atoms with Crippen LogP contribution in [0.4, 0.5) is 5.95 Å². The number of H-pyrrole nitrogens is 1. The van der Waals surface area contributed by atoms with Gasteiger partial charge < -0.3 is 15.1 Å². The summed E-state index contributed by atoms with van der Waals surface area (Å²) >= 11 is 0. The molecule has 0 saturated carbocycles. The fourth-order valence-electron chi connectivity index (χ4n) is 2.41. The standard InChI is InChI=1S/C14H11N5O2/c15-14-18-12-11(16-7-17-12)13(20)19(14)5-10-9-4-2-1-3-8(9)6-21-10/h1-4,6-7H,5H2,(H2,15,18)(H,16,17). The van der Waals surface area contributed by atoms with Crippen LogP contribution in [-0.4, -0.2) is 19.5 Å². The summed E-state index contributed by atoms with van der Waals surface area (Å²) < 4.78 is 6.92. The van der Waals surface area contributed by atoms with Gasteiger partial charge in [0.05, 0.1) is 19.1 Å². The normalized spacial score (nSPS) is 11.4. The number of hydrogen-bond acceptors (Lipinski definition) is 5. The van der Waals surface area contributed by atoms with Crippen LogP contribution in [-0.2, 0) is 6.54 Å². The third-order valence-electron chi connectivity index (χ3n) is 3.47. The third kappa shape index (κ3) is 1.71. The first-order chi connectivity index (χ1) is 10.2. The highest BCUT2D eigenvalue weighted by atomic mass is 16.3. The van der Waals surface area contributed by atoms with E-state index in [1.165, 1.54) is 10.9 Å². The van der Waals surface area contributed by atoms with Gasteiger partial charge in [0, 0.05) is 10.8 Å². The molecule has 1 aromatic carbocycles. The number of benzene rings is 1. The Bertz CT molecular complexity index is 1010. The van der Waals surface area contributed by atoms with Gasteiger partial charge in [-0.05, 0) is 0 Å². The molecular weight excluding hydrogens is 270 g/mol. The summed E-state index contributed by atoms with van der Waals surface area (Å²) in [5.41, 5.74) is 6.25. The number of nitrogens with zero attached hydrogens (tertiary/aromatic N) is 3. The summed E-state index contributed by atoms with van der Waals surface area (Å²) in [6.45, 7) is 0.222. The van der Waals surface area contributed by atoms with Crippen molar-refractivity contribution in [3.8, 4) is 0 Å². The topological polar surface area (TPSA) is 103 Å². The molecule has 104 valence electrons. The second-order valence-corrected chi connectivity index (χ2v) is 4.71. The molecule has 0 radical (unpaired) electrons. The van der Waals surface area contributed by atoms with Crippen LogP contribution in [0.3, 0.4) is 0 Å². The number of nitrogens with one attached hydrogen (secondary N) is 1. The van der Waals surface area contributed by atoms with Crippen LogP contribution in [0.25, 0.3) is 21.9 Å². The van der Waals surface area contributed by atoms with Crippen molar-refractivity contribution >= 4 is 27.9 Å². The average molecular weight is 281 g/mol. The van der Waals surface area contributed by atoms with Crippen LogP contribution in [0.5, 0.6) is 0 Å². The van der Waals surface area contributed by atoms with Crippen molar-refractivity contribution < 1.29 is 4.42 Å². The number of furan rings is 1. The molecule has 0 saturated heterocycles. The van der Waals surface area contributed by atoms with E-state index in [0.717, 1.165) is 10.8 Å². The van der Waals surface area contributed by atoms with Gasteiger partial charge in [-0.3, -0.25) is 9.36 Å². The Labute approximate surface area is 118 Å². The lowest BCUT2D eigenvalue weighted by Crippen LogP contribution is -2.25. The highest BCUT2D eigenvalue weighted by Crippen LogP contribution is 2.21. The number of nitrogens with two attached hydrogens (primary N) is 1. The van der Waals surface area contributed by atoms with E-state index in [9.17, 15) is 4.79 Å². The minimum Gasteiger partial charge on any atom is -0.466 e. The first-order valence-electron chi connectivity index (χ1n) is 6.38. The Hall–Kier alpha value is -3.09. The van der Waals surface area contributed by atoms with E-state index in [1.54, 1.807) is 6.26 Å². The molecule has 7 nitrogen and oxygen atoms in total. The average Bonchev–Trinajstić information content (AvgIpc) is 3.10. The molecule has 0 unspecified atom stereocenters. The Kier molecular flexibility index (Phi) is 2.34. The maximum Gasteiger partial charge on any atom is 0.281 e.